The summed E-state index contributed by atoms with van der Waals surface area (Å²) in [6.45, 7) is 4.34. The van der Waals surface area contributed by atoms with Crippen molar-refractivity contribution in [3.63, 3.8) is 0 Å². The van der Waals surface area contributed by atoms with Gasteiger partial charge in [-0.3, -0.25) is 0 Å². The van der Waals surface area contributed by atoms with Crippen molar-refractivity contribution in [2.75, 3.05) is 0 Å². The first-order valence-corrected chi connectivity index (χ1v) is 5.69. The third kappa shape index (κ3) is 2.72. The molecule has 0 aromatic heterocycles. The van der Waals surface area contributed by atoms with E-state index < -0.39 is 0 Å². The zero-order valence-electron chi connectivity index (χ0n) is 7.98. The van der Waals surface area contributed by atoms with Crippen LogP contribution in [0.5, 0.6) is 0 Å². The summed E-state index contributed by atoms with van der Waals surface area (Å²) < 4.78 is 0.0140. The standard InChI is InChI=1S/C11H14BrCl/c1-3-8-11(2,12)9-6-4-5-7-10(9)13/h4-7H,3,8H2,1-2H3. The molecule has 0 fully saturated rings. The molecule has 0 saturated carbocycles. The summed E-state index contributed by atoms with van der Waals surface area (Å²) in [6, 6.07) is 8.00. The van der Waals surface area contributed by atoms with Crippen LogP contribution in [0, 0.1) is 0 Å². The molecule has 0 saturated heterocycles. The lowest BCUT2D eigenvalue weighted by atomic mass is 9.96. The summed E-state index contributed by atoms with van der Waals surface area (Å²) in [5.74, 6) is 0. The highest BCUT2D eigenvalue weighted by Gasteiger charge is 2.23. The van der Waals surface area contributed by atoms with Crippen LogP contribution in [0.3, 0.4) is 0 Å². The monoisotopic (exact) mass is 260 g/mol. The topological polar surface area (TPSA) is 0 Å². The number of alkyl halides is 1. The normalized spacial score (nSPS) is 15.4. The van der Waals surface area contributed by atoms with Crippen molar-refractivity contribution in [1.82, 2.24) is 0 Å². The molecule has 0 nitrogen and oxygen atoms in total. The van der Waals surface area contributed by atoms with E-state index in [1.807, 2.05) is 18.2 Å². The number of hydrogen-bond acceptors (Lipinski definition) is 0. The van der Waals surface area contributed by atoms with Crippen molar-refractivity contribution in [2.45, 2.75) is 31.0 Å². The summed E-state index contributed by atoms with van der Waals surface area (Å²) in [5, 5.41) is 0.843. The van der Waals surface area contributed by atoms with E-state index >= 15 is 0 Å². The maximum absolute atomic E-state index is 6.11. The van der Waals surface area contributed by atoms with Gasteiger partial charge in [-0.15, -0.1) is 0 Å². The molecule has 1 rings (SSSR count). The van der Waals surface area contributed by atoms with Crippen molar-refractivity contribution in [3.8, 4) is 0 Å². The van der Waals surface area contributed by atoms with Gasteiger partial charge in [0.05, 0.1) is 0 Å². The summed E-state index contributed by atoms with van der Waals surface area (Å²) in [5.41, 5.74) is 1.18. The first-order valence-electron chi connectivity index (χ1n) is 4.52. The molecule has 72 valence electrons. The molecule has 0 radical (unpaired) electrons. The minimum Gasteiger partial charge on any atom is -0.0840 e. The average Bonchev–Trinajstić information content (AvgIpc) is 2.04. The van der Waals surface area contributed by atoms with Crippen molar-refractivity contribution >= 4 is 27.5 Å². The molecule has 1 unspecified atom stereocenters. The molecule has 0 aliphatic carbocycles. The quantitative estimate of drug-likeness (QED) is 0.689. The Bertz CT molecular complexity index is 281. The highest BCUT2D eigenvalue weighted by atomic mass is 79.9. The second-order valence-corrected chi connectivity index (χ2v) is 5.58. The van der Waals surface area contributed by atoms with E-state index in [2.05, 4.69) is 35.8 Å². The van der Waals surface area contributed by atoms with Gasteiger partial charge < -0.3 is 0 Å². The fourth-order valence-electron chi connectivity index (χ4n) is 1.49. The molecule has 1 aromatic rings. The van der Waals surface area contributed by atoms with Crippen LogP contribution < -0.4 is 0 Å². The van der Waals surface area contributed by atoms with Gasteiger partial charge in [0.25, 0.3) is 0 Å². The van der Waals surface area contributed by atoms with Crippen molar-refractivity contribution < 1.29 is 0 Å². The molecule has 13 heavy (non-hydrogen) atoms. The Morgan fingerprint density at radius 1 is 1.38 bits per heavy atom. The first kappa shape index (κ1) is 11.1. The predicted octanol–water partition coefficient (Wildman–Crippen LogP) is 4.75. The average molecular weight is 262 g/mol. The van der Waals surface area contributed by atoms with E-state index in [0.29, 0.717) is 0 Å². The van der Waals surface area contributed by atoms with Crippen molar-refractivity contribution in [1.29, 1.82) is 0 Å². The summed E-state index contributed by atoms with van der Waals surface area (Å²) in [4.78, 5) is 0. The molecule has 2 heteroatoms. The Balaban J connectivity index is 2.99. The fourth-order valence-corrected chi connectivity index (χ4v) is 2.69. The Morgan fingerprint density at radius 3 is 2.54 bits per heavy atom. The fraction of sp³-hybridized carbons (Fsp3) is 0.455. The Morgan fingerprint density at radius 2 is 2.00 bits per heavy atom. The lowest BCUT2D eigenvalue weighted by molar-refractivity contribution is 0.622. The van der Waals surface area contributed by atoms with E-state index in [1.54, 1.807) is 0 Å². The van der Waals surface area contributed by atoms with Gasteiger partial charge in [-0.2, -0.15) is 0 Å². The summed E-state index contributed by atoms with van der Waals surface area (Å²) in [6.07, 6.45) is 2.24. The maximum atomic E-state index is 6.11. The number of benzene rings is 1. The van der Waals surface area contributed by atoms with Crippen LogP contribution in [-0.2, 0) is 4.32 Å². The van der Waals surface area contributed by atoms with Crippen LogP contribution >= 0.6 is 27.5 Å². The molecule has 0 spiro atoms. The highest BCUT2D eigenvalue weighted by molar-refractivity contribution is 9.09. The van der Waals surface area contributed by atoms with Crippen LogP contribution in [0.15, 0.2) is 24.3 Å². The van der Waals surface area contributed by atoms with Crippen LogP contribution in [-0.4, -0.2) is 0 Å². The molecular formula is C11H14BrCl. The van der Waals surface area contributed by atoms with Crippen LogP contribution in [0.25, 0.3) is 0 Å². The minimum absolute atomic E-state index is 0.0140. The van der Waals surface area contributed by atoms with E-state index in [-0.39, 0.29) is 4.32 Å². The van der Waals surface area contributed by atoms with Crippen molar-refractivity contribution in [2.24, 2.45) is 0 Å². The smallest absolute Gasteiger partial charge is 0.0492 e. The third-order valence-corrected chi connectivity index (χ3v) is 3.31. The third-order valence-electron chi connectivity index (χ3n) is 2.15. The molecular weight excluding hydrogens is 247 g/mol. The summed E-state index contributed by atoms with van der Waals surface area (Å²) >= 11 is 9.83. The van der Waals surface area contributed by atoms with E-state index in [4.69, 9.17) is 11.6 Å². The zero-order valence-corrected chi connectivity index (χ0v) is 10.3. The number of halogens is 2. The van der Waals surface area contributed by atoms with Gasteiger partial charge in [0.1, 0.15) is 0 Å². The van der Waals surface area contributed by atoms with Gasteiger partial charge in [-0.1, -0.05) is 59.1 Å². The second kappa shape index (κ2) is 4.47. The minimum atomic E-state index is 0.0140. The van der Waals surface area contributed by atoms with E-state index in [1.165, 1.54) is 5.56 Å². The SMILES string of the molecule is CCCC(C)(Br)c1ccccc1Cl. The Labute approximate surface area is 93.4 Å². The van der Waals surface area contributed by atoms with Gasteiger partial charge in [0.2, 0.25) is 0 Å². The first-order chi connectivity index (χ1) is 6.08. The largest absolute Gasteiger partial charge is 0.0840 e. The zero-order chi connectivity index (χ0) is 9.90. The van der Waals surface area contributed by atoms with Crippen LogP contribution in [0.1, 0.15) is 32.3 Å². The van der Waals surface area contributed by atoms with Crippen LogP contribution in [0.4, 0.5) is 0 Å². The number of rotatable bonds is 3. The van der Waals surface area contributed by atoms with Gasteiger partial charge in [0.15, 0.2) is 0 Å². The van der Waals surface area contributed by atoms with Gasteiger partial charge in [0, 0.05) is 9.35 Å². The van der Waals surface area contributed by atoms with E-state index in [0.717, 1.165) is 17.9 Å². The number of hydrogen-bond donors (Lipinski definition) is 0. The lowest BCUT2D eigenvalue weighted by Gasteiger charge is -2.23. The Hall–Kier alpha value is -0.0100. The van der Waals surface area contributed by atoms with Gasteiger partial charge in [-0.05, 0) is 25.0 Å². The highest BCUT2D eigenvalue weighted by Crippen LogP contribution is 2.38. The molecule has 1 atom stereocenters. The van der Waals surface area contributed by atoms with Crippen molar-refractivity contribution in [3.05, 3.63) is 34.9 Å². The predicted molar refractivity (Wildman–Crippen MR) is 62.6 cm³/mol. The maximum Gasteiger partial charge on any atom is 0.0492 e. The molecule has 0 aliphatic heterocycles. The second-order valence-electron chi connectivity index (χ2n) is 3.43. The molecule has 1 aromatic carbocycles. The van der Waals surface area contributed by atoms with Gasteiger partial charge >= 0.3 is 0 Å². The molecule has 0 amide bonds. The molecule has 0 aliphatic rings. The lowest BCUT2D eigenvalue weighted by Crippen LogP contribution is -2.12. The molecule has 0 heterocycles. The molecule has 0 bridgehead atoms. The van der Waals surface area contributed by atoms with Crippen LogP contribution in [0.2, 0.25) is 5.02 Å². The molecule has 0 N–H and O–H groups in total. The van der Waals surface area contributed by atoms with Gasteiger partial charge in [-0.25, -0.2) is 0 Å². The Kier molecular flexibility index (Phi) is 3.81. The summed E-state index contributed by atoms with van der Waals surface area (Å²) in [7, 11) is 0. The van der Waals surface area contributed by atoms with E-state index in [9.17, 15) is 0 Å².